The van der Waals surface area contributed by atoms with Crippen LogP contribution in [0.4, 0.5) is 0 Å². The molecule has 0 N–H and O–H groups in total. The Hall–Kier alpha value is -0.390. The van der Waals surface area contributed by atoms with Gasteiger partial charge in [0.2, 0.25) is 0 Å². The fraction of sp³-hybridized carbons (Fsp3) is 0.733. The second-order valence-electron chi connectivity index (χ2n) is 5.83. The normalized spacial score (nSPS) is 25.8. The molecule has 1 aromatic rings. The van der Waals surface area contributed by atoms with E-state index in [1.165, 1.54) is 11.5 Å². The number of aromatic nitrogens is 1. The molecule has 2 saturated heterocycles. The Labute approximate surface area is 128 Å². The summed E-state index contributed by atoms with van der Waals surface area (Å²) in [7, 11) is 0. The van der Waals surface area contributed by atoms with E-state index < -0.39 is 0 Å². The van der Waals surface area contributed by atoms with E-state index >= 15 is 0 Å². The number of nitrogens with zero attached hydrogens (tertiary/aromatic N) is 1. The first kappa shape index (κ1) is 14.5. The predicted molar refractivity (Wildman–Crippen MR) is 83.5 cm³/mol. The molecule has 3 nitrogen and oxygen atoms in total. The average Bonchev–Trinajstić information content (AvgIpc) is 2.85. The standard InChI is InChI=1S/C15H21NO2S2/c1-11-16-13(10-20-11)8-14(17)12-2-5-18-15(9-12)3-6-19-7-4-15/h10,12H,2-9H2,1H3. The maximum absolute atomic E-state index is 12.5. The van der Waals surface area contributed by atoms with Gasteiger partial charge in [0.05, 0.1) is 16.3 Å². The number of aryl methyl sites for hydroxylation is 1. The van der Waals surface area contributed by atoms with Crippen LogP contribution in [0, 0.1) is 12.8 Å². The van der Waals surface area contributed by atoms with Gasteiger partial charge in [0, 0.05) is 24.3 Å². The van der Waals surface area contributed by atoms with Crippen LogP contribution in [0.15, 0.2) is 5.38 Å². The zero-order chi connectivity index (χ0) is 14.0. The minimum Gasteiger partial charge on any atom is -0.375 e. The highest BCUT2D eigenvalue weighted by molar-refractivity contribution is 7.99. The smallest absolute Gasteiger partial charge is 0.142 e. The molecule has 20 heavy (non-hydrogen) atoms. The van der Waals surface area contributed by atoms with Crippen molar-refractivity contribution in [3.05, 3.63) is 16.1 Å². The summed E-state index contributed by atoms with van der Waals surface area (Å²) < 4.78 is 6.06. The first-order valence-electron chi connectivity index (χ1n) is 7.32. The van der Waals surface area contributed by atoms with Crippen molar-refractivity contribution in [2.24, 2.45) is 5.92 Å². The molecule has 110 valence electrons. The van der Waals surface area contributed by atoms with Crippen molar-refractivity contribution >= 4 is 28.9 Å². The number of hydrogen-bond acceptors (Lipinski definition) is 5. The maximum atomic E-state index is 12.5. The van der Waals surface area contributed by atoms with E-state index in [0.717, 1.165) is 43.0 Å². The van der Waals surface area contributed by atoms with E-state index in [0.29, 0.717) is 12.2 Å². The van der Waals surface area contributed by atoms with E-state index in [2.05, 4.69) is 4.98 Å². The van der Waals surface area contributed by atoms with Gasteiger partial charge in [-0.3, -0.25) is 4.79 Å². The Morgan fingerprint density at radius 1 is 1.50 bits per heavy atom. The largest absolute Gasteiger partial charge is 0.375 e. The third kappa shape index (κ3) is 3.26. The van der Waals surface area contributed by atoms with E-state index in [4.69, 9.17) is 4.74 Å². The number of rotatable bonds is 3. The number of ketones is 1. The van der Waals surface area contributed by atoms with Gasteiger partial charge in [-0.15, -0.1) is 11.3 Å². The third-order valence-electron chi connectivity index (χ3n) is 4.37. The summed E-state index contributed by atoms with van der Waals surface area (Å²) >= 11 is 3.63. The molecular weight excluding hydrogens is 290 g/mol. The predicted octanol–water partition coefficient (Wildman–Crippen LogP) is 3.26. The molecule has 2 fully saturated rings. The highest BCUT2D eigenvalue weighted by Gasteiger charge is 2.40. The molecule has 1 aromatic heterocycles. The molecule has 0 aliphatic carbocycles. The highest BCUT2D eigenvalue weighted by Crippen LogP contribution is 2.40. The molecule has 0 radical (unpaired) electrons. The van der Waals surface area contributed by atoms with Crippen molar-refractivity contribution < 1.29 is 9.53 Å². The first-order chi connectivity index (χ1) is 9.67. The molecule has 0 aromatic carbocycles. The summed E-state index contributed by atoms with van der Waals surface area (Å²) in [6.45, 7) is 2.74. The van der Waals surface area contributed by atoms with E-state index in [9.17, 15) is 4.79 Å². The van der Waals surface area contributed by atoms with Crippen LogP contribution in [0.5, 0.6) is 0 Å². The van der Waals surface area contributed by atoms with Gasteiger partial charge in [0.25, 0.3) is 0 Å². The number of carbonyl (C=O) groups is 1. The number of Topliss-reactive ketones (excluding diaryl/α,β-unsaturated/α-hetero) is 1. The molecule has 0 saturated carbocycles. The van der Waals surface area contributed by atoms with Crippen LogP contribution in [-0.4, -0.2) is 34.5 Å². The molecule has 5 heteroatoms. The molecule has 0 amide bonds. The zero-order valence-corrected chi connectivity index (χ0v) is 13.5. The fourth-order valence-corrected chi connectivity index (χ4v) is 5.06. The third-order valence-corrected chi connectivity index (χ3v) is 6.18. The van der Waals surface area contributed by atoms with Crippen LogP contribution in [0.3, 0.4) is 0 Å². The number of hydrogen-bond donors (Lipinski definition) is 0. The zero-order valence-electron chi connectivity index (χ0n) is 11.9. The molecule has 1 unspecified atom stereocenters. The molecular formula is C15H21NO2S2. The van der Waals surface area contributed by atoms with Gasteiger partial charge in [-0.2, -0.15) is 11.8 Å². The molecule has 1 spiro atoms. The summed E-state index contributed by atoms with van der Waals surface area (Å²) in [5, 5.41) is 3.06. The summed E-state index contributed by atoms with van der Waals surface area (Å²) in [6.07, 6.45) is 4.53. The van der Waals surface area contributed by atoms with Crippen molar-refractivity contribution in [3.63, 3.8) is 0 Å². The molecule has 1 atom stereocenters. The lowest BCUT2D eigenvalue weighted by Crippen LogP contribution is -2.44. The molecule has 3 heterocycles. The van der Waals surface area contributed by atoms with Gasteiger partial charge < -0.3 is 4.74 Å². The minimum atomic E-state index is 0.00180. The van der Waals surface area contributed by atoms with Gasteiger partial charge in [-0.1, -0.05) is 0 Å². The van der Waals surface area contributed by atoms with E-state index in [1.54, 1.807) is 11.3 Å². The van der Waals surface area contributed by atoms with E-state index in [-0.39, 0.29) is 11.5 Å². The number of thiazole rings is 1. The second kappa shape index (κ2) is 6.16. The Morgan fingerprint density at radius 3 is 3.00 bits per heavy atom. The van der Waals surface area contributed by atoms with Crippen molar-refractivity contribution in [1.29, 1.82) is 0 Å². The highest BCUT2D eigenvalue weighted by atomic mass is 32.2. The summed E-state index contributed by atoms with van der Waals surface area (Å²) in [5.74, 6) is 2.88. The molecule has 2 aliphatic rings. The lowest BCUT2D eigenvalue weighted by molar-refractivity contribution is -0.137. The van der Waals surface area contributed by atoms with Gasteiger partial charge in [-0.05, 0) is 44.1 Å². The fourth-order valence-electron chi connectivity index (χ4n) is 3.21. The SMILES string of the molecule is Cc1nc(CC(=O)C2CCOC3(CCSCC3)C2)cs1. The summed E-state index contributed by atoms with van der Waals surface area (Å²) in [5.41, 5.74) is 0.944. The van der Waals surface area contributed by atoms with E-state index in [1.807, 2.05) is 24.1 Å². The monoisotopic (exact) mass is 311 g/mol. The van der Waals surface area contributed by atoms with Crippen molar-refractivity contribution in [3.8, 4) is 0 Å². The van der Waals surface area contributed by atoms with Gasteiger partial charge in [0.15, 0.2) is 0 Å². The van der Waals surface area contributed by atoms with Gasteiger partial charge >= 0.3 is 0 Å². The Balaban J connectivity index is 1.62. The van der Waals surface area contributed by atoms with Crippen molar-refractivity contribution in [2.75, 3.05) is 18.1 Å². The Bertz CT molecular complexity index is 474. The minimum absolute atomic E-state index is 0.00180. The molecule has 2 aliphatic heterocycles. The van der Waals surface area contributed by atoms with Crippen LogP contribution in [-0.2, 0) is 16.0 Å². The summed E-state index contributed by atoms with van der Waals surface area (Å²) in [6, 6.07) is 0. The van der Waals surface area contributed by atoms with Crippen molar-refractivity contribution in [2.45, 2.75) is 44.6 Å². The maximum Gasteiger partial charge on any atom is 0.142 e. The second-order valence-corrected chi connectivity index (χ2v) is 8.12. The van der Waals surface area contributed by atoms with Gasteiger partial charge in [0.1, 0.15) is 5.78 Å². The van der Waals surface area contributed by atoms with Crippen molar-refractivity contribution in [1.82, 2.24) is 4.98 Å². The quantitative estimate of drug-likeness (QED) is 0.859. The number of thioether (sulfide) groups is 1. The Morgan fingerprint density at radius 2 is 2.30 bits per heavy atom. The Kier molecular flexibility index (Phi) is 4.48. The van der Waals surface area contributed by atoms with Crippen LogP contribution in [0.1, 0.15) is 36.4 Å². The first-order valence-corrected chi connectivity index (χ1v) is 9.36. The van der Waals surface area contributed by atoms with Crippen LogP contribution in [0.25, 0.3) is 0 Å². The summed E-state index contributed by atoms with van der Waals surface area (Å²) in [4.78, 5) is 16.9. The van der Waals surface area contributed by atoms with Crippen LogP contribution in [0.2, 0.25) is 0 Å². The average molecular weight is 311 g/mol. The number of ether oxygens (including phenoxy) is 1. The lowest BCUT2D eigenvalue weighted by atomic mass is 9.79. The number of carbonyl (C=O) groups excluding carboxylic acids is 1. The van der Waals surface area contributed by atoms with Crippen LogP contribution >= 0.6 is 23.1 Å². The molecule has 0 bridgehead atoms. The lowest BCUT2D eigenvalue weighted by Gasteiger charge is -2.42. The van der Waals surface area contributed by atoms with Gasteiger partial charge in [-0.25, -0.2) is 4.98 Å². The molecule has 3 rings (SSSR count). The van der Waals surface area contributed by atoms with Crippen LogP contribution < -0.4 is 0 Å². The topological polar surface area (TPSA) is 39.2 Å².